The van der Waals surface area contributed by atoms with Crippen molar-refractivity contribution in [2.75, 3.05) is 6.61 Å². The second kappa shape index (κ2) is 5.60. The molecule has 0 aromatic heterocycles. The molecule has 3 aliphatic rings. The number of ether oxygens (including phenoxy) is 2. The van der Waals surface area contributed by atoms with Crippen molar-refractivity contribution in [1.29, 1.82) is 0 Å². The molecule has 0 amide bonds. The fourth-order valence-electron chi connectivity index (χ4n) is 3.71. The lowest BCUT2D eigenvalue weighted by molar-refractivity contribution is -0.117. The third kappa shape index (κ3) is 3.05. The van der Waals surface area contributed by atoms with E-state index in [-0.39, 0.29) is 12.1 Å². The molecule has 3 heteroatoms. The molecule has 102 valence electrons. The average Bonchev–Trinajstić information content (AvgIpc) is 2.86. The first-order chi connectivity index (χ1) is 8.83. The molecule has 3 rings (SSSR count). The quantitative estimate of drug-likeness (QED) is 0.538. The van der Waals surface area contributed by atoms with Gasteiger partial charge in [-0.3, -0.25) is 0 Å². The van der Waals surface area contributed by atoms with E-state index in [2.05, 4.69) is 0 Å². The minimum absolute atomic E-state index is 0.0234. The Bertz CT molecular complexity index is 296. The van der Waals surface area contributed by atoms with Crippen molar-refractivity contribution in [3.63, 3.8) is 0 Å². The molecule has 3 unspecified atom stereocenters. The summed E-state index contributed by atoms with van der Waals surface area (Å²) in [4.78, 5) is 10.9. The third-order valence-corrected chi connectivity index (χ3v) is 4.84. The van der Waals surface area contributed by atoms with Crippen LogP contribution in [0.25, 0.3) is 0 Å². The summed E-state index contributed by atoms with van der Waals surface area (Å²) in [5.41, 5.74) is 0. The summed E-state index contributed by atoms with van der Waals surface area (Å²) in [6, 6.07) is 0. The largest absolute Gasteiger partial charge is 0.447 e. The number of epoxide rings is 1. The molecule has 0 bridgehead atoms. The van der Waals surface area contributed by atoms with Crippen molar-refractivity contribution >= 4 is 5.97 Å². The van der Waals surface area contributed by atoms with Gasteiger partial charge >= 0.3 is 5.97 Å². The lowest BCUT2D eigenvalue weighted by atomic mass is 9.98. The fourth-order valence-corrected chi connectivity index (χ4v) is 3.71. The summed E-state index contributed by atoms with van der Waals surface area (Å²) in [5.74, 6) is 1.36. The molecule has 0 N–H and O–H groups in total. The highest BCUT2D eigenvalue weighted by atomic mass is 16.6. The molecule has 1 saturated heterocycles. The van der Waals surface area contributed by atoms with Crippen LogP contribution in [0.5, 0.6) is 0 Å². The van der Waals surface area contributed by atoms with Gasteiger partial charge in [-0.2, -0.15) is 0 Å². The fraction of sp³-hybridized carbons (Fsp3) is 0.933. The van der Waals surface area contributed by atoms with E-state index in [0.717, 1.165) is 12.5 Å². The summed E-state index contributed by atoms with van der Waals surface area (Å²) in [5, 5.41) is 0. The Morgan fingerprint density at radius 3 is 2.67 bits per heavy atom. The van der Waals surface area contributed by atoms with E-state index >= 15 is 0 Å². The first kappa shape index (κ1) is 12.5. The molecule has 0 spiro atoms. The Kier molecular flexibility index (Phi) is 3.88. The number of cyclic esters (lactones) is 1. The van der Waals surface area contributed by atoms with Crippen LogP contribution in [0.2, 0.25) is 0 Å². The smallest absolute Gasteiger partial charge is 0.348 e. The summed E-state index contributed by atoms with van der Waals surface area (Å²) in [6.45, 7) is 0.935. The van der Waals surface area contributed by atoms with Crippen molar-refractivity contribution in [3.05, 3.63) is 0 Å². The van der Waals surface area contributed by atoms with Gasteiger partial charge in [-0.05, 0) is 44.4 Å². The zero-order valence-electron chi connectivity index (χ0n) is 11.1. The van der Waals surface area contributed by atoms with Crippen LogP contribution in [-0.4, -0.2) is 24.8 Å². The minimum Gasteiger partial charge on any atom is -0.447 e. The number of carbonyl (C=O) groups is 1. The van der Waals surface area contributed by atoms with Gasteiger partial charge in [0.15, 0.2) is 0 Å². The molecule has 3 fully saturated rings. The number of hydrogen-bond donors (Lipinski definition) is 0. The van der Waals surface area contributed by atoms with Crippen molar-refractivity contribution < 1.29 is 14.3 Å². The Balaban J connectivity index is 1.26. The van der Waals surface area contributed by atoms with E-state index in [0.29, 0.717) is 12.0 Å². The summed E-state index contributed by atoms with van der Waals surface area (Å²) >= 11 is 0. The molecule has 0 radical (unpaired) electrons. The molecular weight excluding hydrogens is 228 g/mol. The van der Waals surface area contributed by atoms with Gasteiger partial charge in [0.25, 0.3) is 0 Å². The highest BCUT2D eigenvalue weighted by Crippen LogP contribution is 2.40. The Morgan fingerprint density at radius 1 is 1.17 bits per heavy atom. The summed E-state index contributed by atoms with van der Waals surface area (Å²) in [7, 11) is 0. The maximum absolute atomic E-state index is 10.9. The van der Waals surface area contributed by atoms with Crippen LogP contribution in [0.15, 0.2) is 0 Å². The van der Waals surface area contributed by atoms with Gasteiger partial charge in [0, 0.05) is 12.5 Å². The first-order valence-corrected chi connectivity index (χ1v) is 7.65. The van der Waals surface area contributed by atoms with Gasteiger partial charge < -0.3 is 9.47 Å². The normalized spacial score (nSPS) is 36.0. The monoisotopic (exact) mass is 252 g/mol. The first-order valence-electron chi connectivity index (χ1n) is 7.65. The topological polar surface area (TPSA) is 38.8 Å². The van der Waals surface area contributed by atoms with E-state index in [9.17, 15) is 4.79 Å². The van der Waals surface area contributed by atoms with Gasteiger partial charge in [-0.15, -0.1) is 0 Å². The van der Waals surface area contributed by atoms with E-state index in [1.165, 1.54) is 57.8 Å². The van der Waals surface area contributed by atoms with Crippen LogP contribution in [0.4, 0.5) is 0 Å². The number of carbonyl (C=O) groups excluding carboxylic acids is 1. The van der Waals surface area contributed by atoms with E-state index in [1.54, 1.807) is 0 Å². The molecule has 1 heterocycles. The van der Waals surface area contributed by atoms with E-state index in [1.807, 2.05) is 0 Å². The maximum Gasteiger partial charge on any atom is 0.348 e. The lowest BCUT2D eigenvalue weighted by Gasteiger charge is -2.13. The van der Waals surface area contributed by atoms with Gasteiger partial charge in [-0.1, -0.05) is 19.3 Å². The predicted octanol–water partition coefficient (Wildman–Crippen LogP) is 3.07. The Morgan fingerprint density at radius 2 is 1.94 bits per heavy atom. The zero-order valence-corrected chi connectivity index (χ0v) is 11.1. The van der Waals surface area contributed by atoms with Gasteiger partial charge in [0.05, 0.1) is 6.10 Å². The van der Waals surface area contributed by atoms with Crippen molar-refractivity contribution in [2.24, 2.45) is 11.8 Å². The van der Waals surface area contributed by atoms with E-state index in [4.69, 9.17) is 9.47 Å². The molecule has 3 atom stereocenters. The second-order valence-electron chi connectivity index (χ2n) is 6.22. The SMILES string of the molecule is O=C1OC1C1CCC(CCCOC2CCCC2)C1. The standard InChI is InChI=1S/C15H24O3/c16-15-14(18-15)12-8-7-11(10-12)4-3-9-17-13-5-1-2-6-13/h11-14H,1-10H2. The van der Waals surface area contributed by atoms with Crippen molar-refractivity contribution in [2.45, 2.75) is 70.0 Å². The molecular formula is C15H24O3. The molecule has 2 saturated carbocycles. The molecule has 0 aromatic carbocycles. The van der Waals surface area contributed by atoms with Crippen LogP contribution < -0.4 is 0 Å². The molecule has 18 heavy (non-hydrogen) atoms. The highest BCUT2D eigenvalue weighted by Gasteiger charge is 2.47. The van der Waals surface area contributed by atoms with E-state index < -0.39 is 0 Å². The summed E-state index contributed by atoms with van der Waals surface area (Å²) in [6.07, 6.45) is 11.9. The predicted molar refractivity (Wildman–Crippen MR) is 68.2 cm³/mol. The van der Waals surface area contributed by atoms with Crippen LogP contribution in [-0.2, 0) is 14.3 Å². The van der Waals surface area contributed by atoms with Crippen molar-refractivity contribution in [3.8, 4) is 0 Å². The highest BCUT2D eigenvalue weighted by molar-refractivity contribution is 5.87. The molecule has 1 aliphatic heterocycles. The lowest BCUT2D eigenvalue weighted by Crippen LogP contribution is -2.09. The maximum atomic E-state index is 10.9. The second-order valence-corrected chi connectivity index (χ2v) is 6.22. The van der Waals surface area contributed by atoms with Gasteiger partial charge in [-0.25, -0.2) is 4.79 Å². The number of hydrogen-bond acceptors (Lipinski definition) is 3. The average molecular weight is 252 g/mol. The minimum atomic E-state index is -0.0234. The molecule has 0 aromatic rings. The van der Waals surface area contributed by atoms with Crippen LogP contribution in [0.3, 0.4) is 0 Å². The molecule has 3 nitrogen and oxygen atoms in total. The van der Waals surface area contributed by atoms with Crippen LogP contribution >= 0.6 is 0 Å². The zero-order chi connectivity index (χ0) is 12.4. The summed E-state index contributed by atoms with van der Waals surface area (Å²) < 4.78 is 10.9. The third-order valence-electron chi connectivity index (χ3n) is 4.84. The number of rotatable bonds is 6. The van der Waals surface area contributed by atoms with Gasteiger partial charge in [0.1, 0.15) is 0 Å². The molecule has 2 aliphatic carbocycles. The Hall–Kier alpha value is -0.570. The Labute approximate surface area is 109 Å². The van der Waals surface area contributed by atoms with Crippen molar-refractivity contribution in [1.82, 2.24) is 0 Å². The van der Waals surface area contributed by atoms with Gasteiger partial charge in [0.2, 0.25) is 6.10 Å². The van der Waals surface area contributed by atoms with Crippen LogP contribution in [0, 0.1) is 11.8 Å². The van der Waals surface area contributed by atoms with Crippen LogP contribution in [0.1, 0.15) is 57.8 Å².